The molecule has 4 aromatic rings. The number of hydrogen-bond acceptors (Lipinski definition) is 8. The Morgan fingerprint density at radius 2 is 2.07 bits per heavy atom. The lowest BCUT2D eigenvalue weighted by molar-refractivity contribution is 0.0825. The monoisotopic (exact) mass is 412 g/mol. The maximum absolute atomic E-state index is 6.04. The fraction of sp³-hybridized carbons (Fsp3) is 0.211. The van der Waals surface area contributed by atoms with Crippen LogP contribution in [0.2, 0.25) is 0 Å². The van der Waals surface area contributed by atoms with E-state index in [0.29, 0.717) is 12.4 Å². The highest BCUT2D eigenvalue weighted by atomic mass is 32.2. The van der Waals surface area contributed by atoms with Crippen LogP contribution in [0.5, 0.6) is 11.5 Å². The molecule has 0 aliphatic carbocycles. The van der Waals surface area contributed by atoms with Crippen molar-refractivity contribution in [1.29, 1.82) is 0 Å². The fourth-order valence-electron chi connectivity index (χ4n) is 2.90. The van der Waals surface area contributed by atoms with Crippen LogP contribution in [0, 0.1) is 0 Å². The van der Waals surface area contributed by atoms with Crippen molar-refractivity contribution < 1.29 is 13.9 Å². The summed E-state index contributed by atoms with van der Waals surface area (Å²) in [7, 11) is 1.94. The molecule has 0 amide bonds. The molecular formula is C19H16N4O3S2. The van der Waals surface area contributed by atoms with Crippen molar-refractivity contribution in [2.75, 3.05) is 6.61 Å². The summed E-state index contributed by atoms with van der Waals surface area (Å²) in [6, 6.07) is 11.4. The van der Waals surface area contributed by atoms with E-state index in [1.807, 2.05) is 53.4 Å². The predicted molar refractivity (Wildman–Crippen MR) is 106 cm³/mol. The van der Waals surface area contributed by atoms with Gasteiger partial charge >= 0.3 is 0 Å². The summed E-state index contributed by atoms with van der Waals surface area (Å²) < 4.78 is 19.2. The molecule has 142 valence electrons. The van der Waals surface area contributed by atoms with E-state index >= 15 is 0 Å². The van der Waals surface area contributed by atoms with E-state index in [2.05, 4.69) is 15.2 Å². The van der Waals surface area contributed by atoms with Crippen LogP contribution in [0.3, 0.4) is 0 Å². The maximum atomic E-state index is 6.04. The Hall–Kier alpha value is -2.78. The lowest BCUT2D eigenvalue weighted by Crippen LogP contribution is -2.24. The number of nitrogens with zero attached hydrogens (tertiary/aromatic N) is 4. The summed E-state index contributed by atoms with van der Waals surface area (Å²) in [5, 5.41) is 12.4. The van der Waals surface area contributed by atoms with Gasteiger partial charge in [-0.3, -0.25) is 0 Å². The Kier molecular flexibility index (Phi) is 4.53. The number of fused-ring (bicyclic) bond motifs is 1. The Morgan fingerprint density at radius 1 is 1.18 bits per heavy atom. The number of thioether (sulfide) groups is 1. The minimum atomic E-state index is -0.286. The predicted octanol–water partition coefficient (Wildman–Crippen LogP) is 4.34. The van der Waals surface area contributed by atoms with E-state index in [0.717, 1.165) is 38.9 Å². The van der Waals surface area contributed by atoms with Crippen LogP contribution in [0.4, 0.5) is 0 Å². The quantitative estimate of drug-likeness (QED) is 0.452. The Labute approximate surface area is 169 Å². The molecule has 1 unspecified atom stereocenters. The smallest absolute Gasteiger partial charge is 0.192 e. The van der Waals surface area contributed by atoms with Gasteiger partial charge in [-0.2, -0.15) is 0 Å². The third-order valence-corrected chi connectivity index (χ3v) is 6.26. The van der Waals surface area contributed by atoms with Gasteiger partial charge in [-0.25, -0.2) is 4.98 Å². The van der Waals surface area contributed by atoms with Gasteiger partial charge < -0.3 is 18.5 Å². The lowest BCUT2D eigenvalue weighted by Gasteiger charge is -2.25. The zero-order valence-electron chi connectivity index (χ0n) is 14.9. The third kappa shape index (κ3) is 3.27. The van der Waals surface area contributed by atoms with Crippen molar-refractivity contribution in [2.45, 2.75) is 17.0 Å². The van der Waals surface area contributed by atoms with Crippen molar-refractivity contribution in [3.05, 3.63) is 59.6 Å². The molecule has 9 heteroatoms. The van der Waals surface area contributed by atoms with Gasteiger partial charge in [0.25, 0.3) is 0 Å². The van der Waals surface area contributed by atoms with Gasteiger partial charge in [0.05, 0.1) is 12.0 Å². The van der Waals surface area contributed by atoms with Crippen molar-refractivity contribution in [2.24, 2.45) is 7.05 Å². The average Bonchev–Trinajstić information content (AvgIpc) is 3.47. The number of ether oxygens (including phenoxy) is 2. The summed E-state index contributed by atoms with van der Waals surface area (Å²) in [6.07, 6.45) is 1.37. The van der Waals surface area contributed by atoms with Crippen LogP contribution in [-0.4, -0.2) is 26.4 Å². The van der Waals surface area contributed by atoms with Gasteiger partial charge in [0.1, 0.15) is 6.61 Å². The molecule has 1 aromatic carbocycles. The standard InChI is InChI=1S/C19H16N4O3S2/c1-23-17(16-9-25-13-5-2-3-6-14(13)26-16)21-22-19(23)28-11-12-10-27-18(20-12)15-7-4-8-24-15/h2-8,10,16H,9,11H2,1H3. The highest BCUT2D eigenvalue weighted by molar-refractivity contribution is 7.98. The van der Waals surface area contributed by atoms with Crippen LogP contribution in [0.15, 0.2) is 57.6 Å². The van der Waals surface area contributed by atoms with Gasteiger partial charge in [-0.05, 0) is 24.3 Å². The van der Waals surface area contributed by atoms with Crippen LogP contribution < -0.4 is 9.47 Å². The van der Waals surface area contributed by atoms with Crippen molar-refractivity contribution in [3.8, 4) is 22.3 Å². The summed E-state index contributed by atoms with van der Waals surface area (Å²) in [4.78, 5) is 4.62. The summed E-state index contributed by atoms with van der Waals surface area (Å²) in [5.41, 5.74) is 0.983. The highest BCUT2D eigenvalue weighted by Crippen LogP contribution is 2.36. The largest absolute Gasteiger partial charge is 0.485 e. The SMILES string of the molecule is Cn1c(SCc2csc(-c3ccco3)n2)nnc1C1COc2ccccc2O1. The normalized spacial score (nSPS) is 15.7. The molecule has 1 atom stereocenters. The molecule has 0 radical (unpaired) electrons. The van der Waals surface area contributed by atoms with Crippen LogP contribution >= 0.6 is 23.1 Å². The van der Waals surface area contributed by atoms with Crippen molar-refractivity contribution in [3.63, 3.8) is 0 Å². The number of rotatable bonds is 5. The van der Waals surface area contributed by atoms with Crippen molar-refractivity contribution in [1.82, 2.24) is 19.7 Å². The van der Waals surface area contributed by atoms with E-state index in [1.54, 1.807) is 29.4 Å². The van der Waals surface area contributed by atoms with Crippen LogP contribution in [-0.2, 0) is 12.8 Å². The molecule has 28 heavy (non-hydrogen) atoms. The summed E-state index contributed by atoms with van der Waals surface area (Å²) in [5.74, 6) is 3.72. The Balaban J connectivity index is 1.27. The molecule has 1 aliphatic rings. The summed E-state index contributed by atoms with van der Waals surface area (Å²) in [6.45, 7) is 0.409. The first kappa shape index (κ1) is 17.3. The number of furan rings is 1. The molecule has 7 nitrogen and oxygen atoms in total. The molecule has 0 saturated heterocycles. The van der Waals surface area contributed by atoms with Crippen LogP contribution in [0.25, 0.3) is 10.8 Å². The van der Waals surface area contributed by atoms with Gasteiger partial charge in [0.15, 0.2) is 39.4 Å². The fourth-order valence-corrected chi connectivity index (χ4v) is 4.61. The highest BCUT2D eigenvalue weighted by Gasteiger charge is 2.27. The second kappa shape index (κ2) is 7.33. The van der Waals surface area contributed by atoms with Gasteiger partial charge in [-0.15, -0.1) is 21.5 Å². The van der Waals surface area contributed by atoms with Gasteiger partial charge in [0.2, 0.25) is 0 Å². The summed E-state index contributed by atoms with van der Waals surface area (Å²) >= 11 is 3.16. The van der Waals surface area contributed by atoms with Gasteiger partial charge in [-0.1, -0.05) is 23.9 Å². The minimum Gasteiger partial charge on any atom is -0.485 e. The maximum Gasteiger partial charge on any atom is 0.192 e. The van der Waals surface area contributed by atoms with E-state index in [1.165, 1.54) is 0 Å². The zero-order valence-corrected chi connectivity index (χ0v) is 16.6. The number of aromatic nitrogens is 4. The number of benzene rings is 1. The first-order valence-electron chi connectivity index (χ1n) is 8.67. The number of para-hydroxylation sites is 2. The molecule has 1 aliphatic heterocycles. The second-order valence-corrected chi connectivity index (χ2v) is 7.97. The van der Waals surface area contributed by atoms with Crippen molar-refractivity contribution >= 4 is 23.1 Å². The molecule has 0 fully saturated rings. The number of thiazole rings is 1. The molecular weight excluding hydrogens is 396 g/mol. The van der Waals surface area contributed by atoms with E-state index < -0.39 is 0 Å². The molecule has 3 aromatic heterocycles. The molecule has 4 heterocycles. The molecule has 0 saturated carbocycles. The molecule has 0 spiro atoms. The van der Waals surface area contributed by atoms with Gasteiger partial charge in [0, 0.05) is 18.2 Å². The first-order chi connectivity index (χ1) is 13.8. The first-order valence-corrected chi connectivity index (χ1v) is 10.5. The second-order valence-electron chi connectivity index (χ2n) is 6.17. The molecule has 0 N–H and O–H groups in total. The Bertz CT molecular complexity index is 1090. The number of hydrogen-bond donors (Lipinski definition) is 0. The average molecular weight is 412 g/mol. The lowest BCUT2D eigenvalue weighted by atomic mass is 10.2. The van der Waals surface area contributed by atoms with E-state index in [-0.39, 0.29) is 6.10 Å². The zero-order chi connectivity index (χ0) is 18.9. The topological polar surface area (TPSA) is 75.2 Å². The third-order valence-electron chi connectivity index (χ3n) is 4.30. The molecule has 0 bridgehead atoms. The Morgan fingerprint density at radius 3 is 2.93 bits per heavy atom. The van der Waals surface area contributed by atoms with Crippen LogP contribution in [0.1, 0.15) is 17.6 Å². The molecule has 5 rings (SSSR count). The minimum absolute atomic E-state index is 0.286. The van der Waals surface area contributed by atoms with E-state index in [4.69, 9.17) is 13.9 Å². The van der Waals surface area contributed by atoms with E-state index in [9.17, 15) is 0 Å².